The molecule has 5 rings (SSSR count). The first kappa shape index (κ1) is 18.4. The Morgan fingerprint density at radius 1 is 1.13 bits per heavy atom. The van der Waals surface area contributed by atoms with Gasteiger partial charge in [0.05, 0.1) is 17.3 Å². The normalized spacial score (nSPS) is 15.8. The van der Waals surface area contributed by atoms with E-state index in [2.05, 4.69) is 10.4 Å². The van der Waals surface area contributed by atoms with Gasteiger partial charge in [-0.1, -0.05) is 30.3 Å². The molecule has 30 heavy (non-hydrogen) atoms. The molecule has 6 nitrogen and oxygen atoms in total. The Labute approximate surface area is 173 Å². The van der Waals surface area contributed by atoms with Crippen LogP contribution in [0.25, 0.3) is 16.7 Å². The fraction of sp³-hybridized carbons (Fsp3) is 0.208. The molecule has 2 aromatic heterocycles. The van der Waals surface area contributed by atoms with E-state index in [1.807, 2.05) is 63.2 Å². The highest BCUT2D eigenvalue weighted by Gasteiger charge is 2.37. The molecule has 1 unspecified atom stereocenters. The van der Waals surface area contributed by atoms with Crippen LogP contribution in [-0.2, 0) is 4.79 Å². The van der Waals surface area contributed by atoms with Gasteiger partial charge >= 0.3 is 0 Å². The van der Waals surface area contributed by atoms with Crippen molar-refractivity contribution in [3.63, 3.8) is 0 Å². The predicted molar refractivity (Wildman–Crippen MR) is 114 cm³/mol. The Kier molecular flexibility index (Phi) is 4.10. The predicted octanol–water partition coefficient (Wildman–Crippen LogP) is 4.85. The van der Waals surface area contributed by atoms with Crippen LogP contribution in [0.4, 0.5) is 5.82 Å². The number of anilines is 1. The molecule has 1 atom stereocenters. The number of Topliss-reactive ketones (excluding diaryl/α,β-unsaturated/α-hetero) is 1. The summed E-state index contributed by atoms with van der Waals surface area (Å²) in [6.45, 7) is 5.93. The van der Waals surface area contributed by atoms with E-state index >= 15 is 0 Å². The van der Waals surface area contributed by atoms with Gasteiger partial charge in [0.1, 0.15) is 11.4 Å². The number of aromatic nitrogens is 2. The Balaban J connectivity index is 1.64. The molecule has 0 saturated heterocycles. The highest BCUT2D eigenvalue weighted by Crippen LogP contribution is 2.39. The average molecular weight is 399 g/mol. The molecular formula is C24H21N3O3. The first-order valence-corrected chi connectivity index (χ1v) is 9.93. The number of rotatable bonds is 3. The minimum Gasteiger partial charge on any atom is -0.453 e. The molecule has 150 valence electrons. The van der Waals surface area contributed by atoms with Crippen LogP contribution in [0.15, 0.2) is 52.9 Å². The number of benzene rings is 2. The van der Waals surface area contributed by atoms with Crippen LogP contribution in [0.5, 0.6) is 0 Å². The molecule has 0 radical (unpaired) electrons. The van der Waals surface area contributed by atoms with E-state index in [1.165, 1.54) is 0 Å². The van der Waals surface area contributed by atoms with Gasteiger partial charge in [0.15, 0.2) is 5.76 Å². The Bertz CT molecular complexity index is 1300. The van der Waals surface area contributed by atoms with Gasteiger partial charge in [0.2, 0.25) is 11.7 Å². The summed E-state index contributed by atoms with van der Waals surface area (Å²) in [5, 5.41) is 8.49. The van der Waals surface area contributed by atoms with Gasteiger partial charge in [-0.25, -0.2) is 4.68 Å². The summed E-state index contributed by atoms with van der Waals surface area (Å²) in [5.41, 5.74) is 5.22. The monoisotopic (exact) mass is 399 g/mol. The van der Waals surface area contributed by atoms with E-state index in [0.717, 1.165) is 33.5 Å². The van der Waals surface area contributed by atoms with Crippen molar-refractivity contribution in [1.82, 2.24) is 9.78 Å². The van der Waals surface area contributed by atoms with E-state index in [4.69, 9.17) is 4.42 Å². The lowest BCUT2D eigenvalue weighted by Crippen LogP contribution is -2.28. The SMILES string of the molecule is Cc1cccc(-n2nc(C)c3c2NC(=O)CC3C(=O)c2cc3ccccc3o2)c1C. The molecule has 1 aliphatic rings. The van der Waals surface area contributed by atoms with Crippen molar-refractivity contribution in [3.05, 3.63) is 76.7 Å². The van der Waals surface area contributed by atoms with Crippen molar-refractivity contribution < 1.29 is 14.0 Å². The number of carbonyl (C=O) groups is 2. The van der Waals surface area contributed by atoms with Gasteiger partial charge in [-0.05, 0) is 50.1 Å². The molecular weight excluding hydrogens is 378 g/mol. The number of hydrogen-bond donors (Lipinski definition) is 1. The Morgan fingerprint density at radius 2 is 1.93 bits per heavy atom. The molecule has 2 aromatic carbocycles. The molecule has 0 saturated carbocycles. The van der Waals surface area contributed by atoms with E-state index < -0.39 is 5.92 Å². The summed E-state index contributed by atoms with van der Waals surface area (Å²) in [4.78, 5) is 25.9. The minimum absolute atomic E-state index is 0.0716. The number of amides is 1. The topological polar surface area (TPSA) is 77.1 Å². The van der Waals surface area contributed by atoms with Crippen molar-refractivity contribution in [3.8, 4) is 5.69 Å². The number of aryl methyl sites for hydroxylation is 2. The van der Waals surface area contributed by atoms with Crippen LogP contribution in [-0.4, -0.2) is 21.5 Å². The third kappa shape index (κ3) is 2.76. The summed E-state index contributed by atoms with van der Waals surface area (Å²) in [7, 11) is 0. The molecule has 0 fully saturated rings. The number of nitrogens with zero attached hydrogens (tertiary/aromatic N) is 2. The van der Waals surface area contributed by atoms with Crippen LogP contribution in [0.2, 0.25) is 0 Å². The van der Waals surface area contributed by atoms with E-state index in [-0.39, 0.29) is 23.9 Å². The van der Waals surface area contributed by atoms with Crippen LogP contribution < -0.4 is 5.32 Å². The summed E-state index contributed by atoms with van der Waals surface area (Å²) >= 11 is 0. The van der Waals surface area contributed by atoms with Crippen molar-refractivity contribution in [2.75, 3.05) is 5.32 Å². The summed E-state index contributed by atoms with van der Waals surface area (Å²) in [6.07, 6.45) is 0.0716. The molecule has 1 aliphatic heterocycles. The third-order valence-corrected chi connectivity index (χ3v) is 5.89. The van der Waals surface area contributed by atoms with E-state index in [1.54, 1.807) is 10.7 Å². The molecule has 0 aliphatic carbocycles. The minimum atomic E-state index is -0.631. The van der Waals surface area contributed by atoms with Crippen molar-refractivity contribution in [1.29, 1.82) is 0 Å². The third-order valence-electron chi connectivity index (χ3n) is 5.89. The zero-order chi connectivity index (χ0) is 21.0. The molecule has 4 aromatic rings. The largest absolute Gasteiger partial charge is 0.453 e. The van der Waals surface area contributed by atoms with Crippen LogP contribution in [0, 0.1) is 20.8 Å². The van der Waals surface area contributed by atoms with Gasteiger partial charge in [-0.15, -0.1) is 0 Å². The average Bonchev–Trinajstić information content (AvgIpc) is 3.30. The number of hydrogen-bond acceptors (Lipinski definition) is 4. The number of ketones is 1. The van der Waals surface area contributed by atoms with E-state index in [9.17, 15) is 9.59 Å². The maximum Gasteiger partial charge on any atom is 0.226 e. The lowest BCUT2D eigenvalue weighted by molar-refractivity contribution is -0.116. The lowest BCUT2D eigenvalue weighted by atomic mass is 9.87. The smallest absolute Gasteiger partial charge is 0.226 e. The fourth-order valence-corrected chi connectivity index (χ4v) is 4.19. The Morgan fingerprint density at radius 3 is 2.73 bits per heavy atom. The number of fused-ring (bicyclic) bond motifs is 2. The maximum absolute atomic E-state index is 13.4. The number of nitrogens with one attached hydrogen (secondary N) is 1. The van der Waals surface area contributed by atoms with Gasteiger partial charge in [-0.3, -0.25) is 9.59 Å². The van der Waals surface area contributed by atoms with Crippen LogP contribution in [0.1, 0.15) is 45.3 Å². The molecule has 0 bridgehead atoms. The summed E-state index contributed by atoms with van der Waals surface area (Å²) < 4.78 is 7.53. The first-order chi connectivity index (χ1) is 14.4. The number of para-hydroxylation sites is 1. The summed E-state index contributed by atoms with van der Waals surface area (Å²) in [6, 6.07) is 15.2. The van der Waals surface area contributed by atoms with Gasteiger partial charge < -0.3 is 9.73 Å². The second kappa shape index (κ2) is 6.69. The lowest BCUT2D eigenvalue weighted by Gasteiger charge is -2.23. The maximum atomic E-state index is 13.4. The van der Waals surface area contributed by atoms with Crippen molar-refractivity contribution in [2.45, 2.75) is 33.1 Å². The number of furan rings is 1. The first-order valence-electron chi connectivity index (χ1n) is 9.93. The standard InChI is InChI=1S/C24H21N3O3/c1-13-7-6-9-18(14(13)2)27-24-22(15(3)26-27)17(12-21(28)25-24)23(29)20-11-16-8-4-5-10-19(16)30-20/h4-11,17H,12H2,1-3H3,(H,25,28). The van der Waals surface area contributed by atoms with Gasteiger partial charge in [0.25, 0.3) is 0 Å². The highest BCUT2D eigenvalue weighted by atomic mass is 16.3. The number of carbonyl (C=O) groups excluding carboxylic acids is 2. The summed E-state index contributed by atoms with van der Waals surface area (Å²) in [5.74, 6) is -0.213. The second-order valence-electron chi connectivity index (χ2n) is 7.80. The highest BCUT2D eigenvalue weighted by molar-refractivity contribution is 6.08. The van der Waals surface area contributed by atoms with Crippen LogP contribution in [0.3, 0.4) is 0 Å². The zero-order valence-electron chi connectivity index (χ0n) is 17.0. The molecule has 0 spiro atoms. The second-order valence-corrected chi connectivity index (χ2v) is 7.80. The van der Waals surface area contributed by atoms with Crippen molar-refractivity contribution in [2.24, 2.45) is 0 Å². The van der Waals surface area contributed by atoms with E-state index in [0.29, 0.717) is 11.4 Å². The Hall–Kier alpha value is -3.67. The quantitative estimate of drug-likeness (QED) is 0.500. The van der Waals surface area contributed by atoms with Gasteiger partial charge in [-0.2, -0.15) is 5.10 Å². The molecule has 6 heteroatoms. The zero-order valence-corrected chi connectivity index (χ0v) is 17.0. The van der Waals surface area contributed by atoms with Crippen molar-refractivity contribution >= 4 is 28.5 Å². The fourth-order valence-electron chi connectivity index (χ4n) is 4.19. The van der Waals surface area contributed by atoms with Crippen LogP contribution >= 0.6 is 0 Å². The molecule has 1 N–H and O–H groups in total. The van der Waals surface area contributed by atoms with Gasteiger partial charge in [0, 0.05) is 17.4 Å². The molecule has 3 heterocycles. The molecule has 1 amide bonds.